The monoisotopic (exact) mass is 269 g/mol. The summed E-state index contributed by atoms with van der Waals surface area (Å²) in [5.74, 6) is 0.552. The highest BCUT2D eigenvalue weighted by molar-refractivity contribution is 7.99. The molecule has 0 aliphatic heterocycles. The number of ether oxygens (including phenoxy) is 1. The Morgan fingerprint density at radius 3 is 2.78 bits per heavy atom. The Hall–Kier alpha value is -1.07. The molecule has 100 valence electrons. The maximum absolute atomic E-state index is 10.6. The molecule has 18 heavy (non-hydrogen) atoms. The highest BCUT2D eigenvalue weighted by Gasteiger charge is 2.03. The number of nitrogens with zero attached hydrogens (tertiary/aromatic N) is 1. The van der Waals surface area contributed by atoms with E-state index < -0.39 is 5.97 Å². The number of pyridine rings is 1. The van der Waals surface area contributed by atoms with Crippen LogP contribution in [0, 0.1) is 5.92 Å². The molecule has 0 aliphatic carbocycles. The molecular weight excluding hydrogens is 250 g/mol. The van der Waals surface area contributed by atoms with Crippen molar-refractivity contribution in [3.05, 3.63) is 23.9 Å². The van der Waals surface area contributed by atoms with E-state index in [1.807, 2.05) is 0 Å². The molecule has 0 spiro atoms. The van der Waals surface area contributed by atoms with Gasteiger partial charge in [0, 0.05) is 18.6 Å². The number of hydrogen-bond acceptors (Lipinski definition) is 4. The smallest absolute Gasteiger partial charge is 0.337 e. The van der Waals surface area contributed by atoms with Crippen molar-refractivity contribution in [2.75, 3.05) is 19.0 Å². The summed E-state index contributed by atoms with van der Waals surface area (Å²) in [7, 11) is 0. The zero-order valence-corrected chi connectivity index (χ0v) is 11.6. The molecular formula is C13H19NO3S. The molecule has 0 fully saturated rings. The first kappa shape index (κ1) is 15.0. The van der Waals surface area contributed by atoms with Crippen molar-refractivity contribution in [2.24, 2.45) is 5.92 Å². The van der Waals surface area contributed by atoms with Crippen molar-refractivity contribution in [3.63, 3.8) is 0 Å². The summed E-state index contributed by atoms with van der Waals surface area (Å²) in [5.41, 5.74) is 0.215. The molecule has 1 aromatic rings. The zero-order chi connectivity index (χ0) is 13.4. The van der Waals surface area contributed by atoms with E-state index in [1.165, 1.54) is 6.20 Å². The first-order valence-corrected chi connectivity index (χ1v) is 6.98. The van der Waals surface area contributed by atoms with Crippen LogP contribution in [0.3, 0.4) is 0 Å². The van der Waals surface area contributed by atoms with Crippen LogP contribution in [0.4, 0.5) is 0 Å². The molecule has 0 saturated heterocycles. The first-order valence-electron chi connectivity index (χ1n) is 5.99. The molecule has 0 unspecified atom stereocenters. The van der Waals surface area contributed by atoms with Gasteiger partial charge in [0.2, 0.25) is 0 Å². The quantitative estimate of drug-likeness (QED) is 0.581. The van der Waals surface area contributed by atoms with Gasteiger partial charge in [0.25, 0.3) is 0 Å². The largest absolute Gasteiger partial charge is 0.478 e. The Labute approximate surface area is 112 Å². The van der Waals surface area contributed by atoms with Gasteiger partial charge < -0.3 is 9.84 Å². The lowest BCUT2D eigenvalue weighted by atomic mass is 10.1. The molecule has 1 rings (SSSR count). The Kier molecular flexibility index (Phi) is 6.75. The lowest BCUT2D eigenvalue weighted by Crippen LogP contribution is -2.02. The second-order valence-electron chi connectivity index (χ2n) is 4.33. The van der Waals surface area contributed by atoms with Gasteiger partial charge in [-0.2, -0.15) is 0 Å². The van der Waals surface area contributed by atoms with Crippen molar-refractivity contribution < 1.29 is 14.6 Å². The van der Waals surface area contributed by atoms with Crippen LogP contribution in [0.2, 0.25) is 0 Å². The number of carbonyl (C=O) groups is 1. The van der Waals surface area contributed by atoms with E-state index >= 15 is 0 Å². The molecule has 1 N–H and O–H groups in total. The van der Waals surface area contributed by atoms with Crippen LogP contribution in [0.5, 0.6) is 0 Å². The average Bonchev–Trinajstić information content (AvgIpc) is 2.34. The number of aromatic nitrogens is 1. The van der Waals surface area contributed by atoms with Gasteiger partial charge in [-0.15, -0.1) is 11.8 Å². The number of hydrogen-bond donors (Lipinski definition) is 1. The van der Waals surface area contributed by atoms with Crippen LogP contribution in [0.25, 0.3) is 0 Å². The van der Waals surface area contributed by atoms with E-state index in [0.29, 0.717) is 12.5 Å². The maximum atomic E-state index is 10.6. The molecule has 0 bridgehead atoms. The fraction of sp³-hybridized carbons (Fsp3) is 0.538. The van der Waals surface area contributed by atoms with Crippen LogP contribution in [0.1, 0.15) is 30.6 Å². The molecule has 0 aliphatic rings. The lowest BCUT2D eigenvalue weighted by Gasteiger charge is -2.06. The SMILES string of the molecule is CC(C)CCOCCSc1ccc(C(=O)O)cn1. The van der Waals surface area contributed by atoms with Gasteiger partial charge in [0.1, 0.15) is 0 Å². The van der Waals surface area contributed by atoms with E-state index in [1.54, 1.807) is 23.9 Å². The van der Waals surface area contributed by atoms with E-state index in [-0.39, 0.29) is 5.56 Å². The first-order chi connectivity index (χ1) is 8.59. The van der Waals surface area contributed by atoms with Crippen LogP contribution >= 0.6 is 11.8 Å². The summed E-state index contributed by atoms with van der Waals surface area (Å²) in [6.45, 7) is 5.83. The topological polar surface area (TPSA) is 59.4 Å². The summed E-state index contributed by atoms with van der Waals surface area (Å²) in [6.07, 6.45) is 2.46. The molecule has 4 nitrogen and oxygen atoms in total. The Morgan fingerprint density at radius 1 is 1.44 bits per heavy atom. The van der Waals surface area contributed by atoms with E-state index in [4.69, 9.17) is 9.84 Å². The molecule has 0 aromatic carbocycles. The van der Waals surface area contributed by atoms with Crippen molar-refractivity contribution >= 4 is 17.7 Å². The molecule has 1 heterocycles. The third-order valence-corrected chi connectivity index (χ3v) is 3.21. The average molecular weight is 269 g/mol. The normalized spacial score (nSPS) is 10.8. The van der Waals surface area contributed by atoms with Crippen molar-refractivity contribution in [1.82, 2.24) is 4.98 Å². The Balaban J connectivity index is 2.17. The second kappa shape index (κ2) is 8.11. The molecule has 0 atom stereocenters. The third kappa shape index (κ3) is 6.02. The lowest BCUT2D eigenvalue weighted by molar-refractivity contribution is 0.0696. The van der Waals surface area contributed by atoms with Crippen LogP contribution in [-0.2, 0) is 4.74 Å². The maximum Gasteiger partial charge on any atom is 0.337 e. The number of aromatic carboxylic acids is 1. The Bertz CT molecular complexity index is 365. The van der Waals surface area contributed by atoms with Crippen molar-refractivity contribution in [1.29, 1.82) is 0 Å². The zero-order valence-electron chi connectivity index (χ0n) is 10.8. The van der Waals surface area contributed by atoms with Gasteiger partial charge in [-0.3, -0.25) is 0 Å². The van der Waals surface area contributed by atoms with E-state index in [2.05, 4.69) is 18.8 Å². The summed E-state index contributed by atoms with van der Waals surface area (Å²) in [5, 5.41) is 9.55. The van der Waals surface area contributed by atoms with E-state index in [0.717, 1.165) is 23.8 Å². The predicted molar refractivity (Wildman–Crippen MR) is 72.2 cm³/mol. The van der Waals surface area contributed by atoms with Gasteiger partial charge >= 0.3 is 5.97 Å². The summed E-state index contributed by atoms with van der Waals surface area (Å²) in [6, 6.07) is 3.29. The van der Waals surface area contributed by atoms with Gasteiger partial charge in [0.05, 0.1) is 17.2 Å². The molecule has 1 aromatic heterocycles. The highest BCUT2D eigenvalue weighted by Crippen LogP contribution is 2.15. The van der Waals surface area contributed by atoms with Crippen LogP contribution < -0.4 is 0 Å². The van der Waals surface area contributed by atoms with Crippen molar-refractivity contribution in [3.8, 4) is 0 Å². The molecule has 0 amide bonds. The standard InChI is InChI=1S/C13H19NO3S/c1-10(2)5-6-17-7-8-18-12-4-3-11(9-14-12)13(15)16/h3-4,9-10H,5-8H2,1-2H3,(H,15,16). The van der Waals surface area contributed by atoms with Crippen molar-refractivity contribution in [2.45, 2.75) is 25.3 Å². The number of carboxylic acid groups (broad SMARTS) is 1. The summed E-state index contributed by atoms with van der Waals surface area (Å²) >= 11 is 1.57. The summed E-state index contributed by atoms with van der Waals surface area (Å²) < 4.78 is 5.49. The number of thioether (sulfide) groups is 1. The minimum absolute atomic E-state index is 0.215. The van der Waals surface area contributed by atoms with E-state index in [9.17, 15) is 4.79 Å². The van der Waals surface area contributed by atoms with Crippen LogP contribution in [-0.4, -0.2) is 35.0 Å². The molecule has 0 saturated carbocycles. The van der Waals surface area contributed by atoms with Gasteiger partial charge in [-0.05, 0) is 24.5 Å². The molecule has 0 radical (unpaired) electrons. The predicted octanol–water partition coefficient (Wildman–Crippen LogP) is 2.93. The summed E-state index contributed by atoms with van der Waals surface area (Å²) in [4.78, 5) is 14.7. The highest BCUT2D eigenvalue weighted by atomic mass is 32.2. The minimum Gasteiger partial charge on any atom is -0.478 e. The second-order valence-corrected chi connectivity index (χ2v) is 5.45. The Morgan fingerprint density at radius 2 is 2.22 bits per heavy atom. The minimum atomic E-state index is -0.948. The van der Waals surface area contributed by atoms with Crippen LogP contribution in [0.15, 0.2) is 23.4 Å². The number of carboxylic acids is 1. The number of rotatable bonds is 8. The molecule has 5 heteroatoms. The fourth-order valence-corrected chi connectivity index (χ4v) is 1.92. The third-order valence-electron chi connectivity index (χ3n) is 2.30. The fourth-order valence-electron chi connectivity index (χ4n) is 1.22. The van der Waals surface area contributed by atoms with Gasteiger partial charge in [-0.1, -0.05) is 13.8 Å². The van der Waals surface area contributed by atoms with Gasteiger partial charge in [-0.25, -0.2) is 9.78 Å². The van der Waals surface area contributed by atoms with Gasteiger partial charge in [0.15, 0.2) is 0 Å².